The van der Waals surface area contributed by atoms with Crippen LogP contribution in [0.15, 0.2) is 60.8 Å². The van der Waals surface area contributed by atoms with Crippen molar-refractivity contribution < 1.29 is 0 Å². The number of aryl methyl sites for hydroxylation is 1. The normalized spacial score (nSPS) is 17.4. The number of rotatable bonds is 2. The van der Waals surface area contributed by atoms with Crippen molar-refractivity contribution in [2.24, 2.45) is 0 Å². The third-order valence-electron chi connectivity index (χ3n) is 4.35. The molecule has 1 unspecified atom stereocenters. The van der Waals surface area contributed by atoms with E-state index in [1.807, 2.05) is 12.3 Å². The zero-order valence-electron chi connectivity index (χ0n) is 11.9. The quantitative estimate of drug-likeness (QED) is 0.757. The molecule has 21 heavy (non-hydrogen) atoms. The summed E-state index contributed by atoms with van der Waals surface area (Å²) in [6.45, 7) is 0. The molecule has 1 aliphatic rings. The topological polar surface area (TPSA) is 24.9 Å². The molecular weight excluding hydrogens is 256 g/mol. The molecular formula is C19H18N2. The maximum atomic E-state index is 4.43. The minimum absolute atomic E-state index is 0.505. The smallest absolute Gasteiger partial charge is 0.0722 e. The van der Waals surface area contributed by atoms with Gasteiger partial charge in [-0.1, -0.05) is 30.3 Å². The van der Waals surface area contributed by atoms with E-state index in [0.29, 0.717) is 6.04 Å². The summed E-state index contributed by atoms with van der Waals surface area (Å²) in [6, 6.07) is 19.7. The number of hydrogen-bond acceptors (Lipinski definition) is 2. The Labute approximate surface area is 124 Å². The van der Waals surface area contributed by atoms with Gasteiger partial charge in [0.2, 0.25) is 0 Å². The second-order valence-corrected chi connectivity index (χ2v) is 5.73. The summed E-state index contributed by atoms with van der Waals surface area (Å²) < 4.78 is 0. The van der Waals surface area contributed by atoms with Crippen LogP contribution >= 0.6 is 0 Å². The van der Waals surface area contributed by atoms with Gasteiger partial charge in [-0.3, -0.25) is 4.98 Å². The minimum Gasteiger partial charge on any atom is -0.381 e. The lowest BCUT2D eigenvalue weighted by Crippen LogP contribution is -2.27. The van der Waals surface area contributed by atoms with Crippen LogP contribution in [0.25, 0.3) is 10.9 Å². The van der Waals surface area contributed by atoms with Gasteiger partial charge in [-0.15, -0.1) is 0 Å². The van der Waals surface area contributed by atoms with Gasteiger partial charge in [0.05, 0.1) is 5.52 Å². The molecule has 2 aromatic carbocycles. The number of nitrogens with one attached hydrogen (secondary N) is 1. The monoisotopic (exact) mass is 274 g/mol. The van der Waals surface area contributed by atoms with E-state index in [1.165, 1.54) is 28.6 Å². The Kier molecular flexibility index (Phi) is 3.07. The molecule has 0 saturated heterocycles. The molecule has 0 spiro atoms. The lowest BCUT2D eigenvalue weighted by molar-refractivity contribution is 0.611. The minimum atomic E-state index is 0.505. The van der Waals surface area contributed by atoms with Crippen LogP contribution in [0.2, 0.25) is 0 Å². The Morgan fingerprint density at radius 2 is 1.81 bits per heavy atom. The first-order valence-corrected chi connectivity index (χ1v) is 7.57. The van der Waals surface area contributed by atoms with Crippen molar-refractivity contribution in [3.8, 4) is 0 Å². The lowest BCUT2D eigenvalue weighted by atomic mass is 9.88. The van der Waals surface area contributed by atoms with E-state index in [-0.39, 0.29) is 0 Å². The van der Waals surface area contributed by atoms with Crippen molar-refractivity contribution in [3.05, 3.63) is 71.9 Å². The summed E-state index contributed by atoms with van der Waals surface area (Å²) in [5, 5.41) is 4.93. The third kappa shape index (κ3) is 2.38. The number of nitrogens with zero attached hydrogens (tertiary/aromatic N) is 1. The fraction of sp³-hybridized carbons (Fsp3) is 0.211. The van der Waals surface area contributed by atoms with Gasteiger partial charge in [0.1, 0.15) is 0 Å². The van der Waals surface area contributed by atoms with Gasteiger partial charge in [0.15, 0.2) is 0 Å². The molecule has 3 aromatic rings. The molecule has 2 heteroatoms. The van der Waals surface area contributed by atoms with Gasteiger partial charge < -0.3 is 5.32 Å². The number of fused-ring (bicyclic) bond motifs is 2. The molecule has 1 aromatic heterocycles. The summed E-state index contributed by atoms with van der Waals surface area (Å²) >= 11 is 0. The largest absolute Gasteiger partial charge is 0.381 e. The molecule has 0 fully saturated rings. The van der Waals surface area contributed by atoms with E-state index in [1.54, 1.807) is 0 Å². The number of aromatic nitrogens is 1. The van der Waals surface area contributed by atoms with E-state index in [4.69, 9.17) is 0 Å². The molecule has 0 saturated carbocycles. The molecule has 1 heterocycles. The van der Waals surface area contributed by atoms with Crippen molar-refractivity contribution in [1.29, 1.82) is 0 Å². The van der Waals surface area contributed by atoms with Crippen LogP contribution in [0.3, 0.4) is 0 Å². The summed E-state index contributed by atoms with van der Waals surface area (Å²) in [7, 11) is 0. The second-order valence-electron chi connectivity index (χ2n) is 5.73. The summed E-state index contributed by atoms with van der Waals surface area (Å²) in [4.78, 5) is 4.43. The maximum absolute atomic E-state index is 4.43. The first-order valence-electron chi connectivity index (χ1n) is 7.57. The fourth-order valence-corrected chi connectivity index (χ4v) is 3.27. The van der Waals surface area contributed by atoms with E-state index in [0.717, 1.165) is 18.4 Å². The molecule has 0 bridgehead atoms. The van der Waals surface area contributed by atoms with Crippen LogP contribution in [0, 0.1) is 0 Å². The molecule has 104 valence electrons. The Bertz CT molecular complexity index is 774. The van der Waals surface area contributed by atoms with Gasteiger partial charge in [-0.05, 0) is 54.7 Å². The van der Waals surface area contributed by atoms with Gasteiger partial charge in [0.25, 0.3) is 0 Å². The van der Waals surface area contributed by atoms with Crippen LogP contribution in [0.1, 0.15) is 17.5 Å². The fourth-order valence-electron chi connectivity index (χ4n) is 3.27. The maximum Gasteiger partial charge on any atom is 0.0722 e. The zero-order chi connectivity index (χ0) is 14.1. The summed E-state index contributed by atoms with van der Waals surface area (Å²) in [5.41, 5.74) is 5.25. The van der Waals surface area contributed by atoms with Crippen LogP contribution in [-0.2, 0) is 12.8 Å². The van der Waals surface area contributed by atoms with Crippen LogP contribution < -0.4 is 5.32 Å². The number of hydrogen-bond donors (Lipinski definition) is 1. The molecule has 4 rings (SSSR count). The van der Waals surface area contributed by atoms with Gasteiger partial charge in [-0.2, -0.15) is 0 Å². The molecule has 0 aliphatic heterocycles. The first-order chi connectivity index (χ1) is 10.4. The summed E-state index contributed by atoms with van der Waals surface area (Å²) in [5.74, 6) is 0. The molecule has 0 radical (unpaired) electrons. The van der Waals surface area contributed by atoms with Crippen molar-refractivity contribution in [3.63, 3.8) is 0 Å². The predicted molar refractivity (Wildman–Crippen MR) is 87.6 cm³/mol. The highest BCUT2D eigenvalue weighted by Crippen LogP contribution is 2.27. The molecule has 1 N–H and O–H groups in total. The Balaban J connectivity index is 1.62. The van der Waals surface area contributed by atoms with Gasteiger partial charge in [0, 0.05) is 23.3 Å². The number of pyridine rings is 1. The highest BCUT2D eigenvalue weighted by molar-refractivity contribution is 5.91. The number of benzene rings is 2. The molecule has 1 atom stereocenters. The number of anilines is 1. The second kappa shape index (κ2) is 5.21. The van der Waals surface area contributed by atoms with Crippen molar-refractivity contribution in [2.75, 3.05) is 5.32 Å². The highest BCUT2D eigenvalue weighted by Gasteiger charge is 2.18. The van der Waals surface area contributed by atoms with E-state index >= 15 is 0 Å². The Morgan fingerprint density at radius 3 is 2.76 bits per heavy atom. The van der Waals surface area contributed by atoms with Crippen LogP contribution in [0.4, 0.5) is 5.69 Å². The van der Waals surface area contributed by atoms with Crippen LogP contribution in [0.5, 0.6) is 0 Å². The first kappa shape index (κ1) is 12.4. The summed E-state index contributed by atoms with van der Waals surface area (Å²) in [6.07, 6.45) is 5.31. The molecule has 1 aliphatic carbocycles. The lowest BCUT2D eigenvalue weighted by Gasteiger charge is -2.26. The van der Waals surface area contributed by atoms with Crippen molar-refractivity contribution in [2.45, 2.75) is 25.3 Å². The Hall–Kier alpha value is -2.35. The molecule has 0 amide bonds. The molecule has 2 nitrogen and oxygen atoms in total. The van der Waals surface area contributed by atoms with Crippen molar-refractivity contribution in [1.82, 2.24) is 4.98 Å². The van der Waals surface area contributed by atoms with E-state index in [2.05, 4.69) is 58.8 Å². The highest BCUT2D eigenvalue weighted by atomic mass is 14.9. The van der Waals surface area contributed by atoms with Gasteiger partial charge >= 0.3 is 0 Å². The van der Waals surface area contributed by atoms with Crippen LogP contribution in [-0.4, -0.2) is 11.0 Å². The average Bonchev–Trinajstić information content (AvgIpc) is 2.55. The average molecular weight is 274 g/mol. The van der Waals surface area contributed by atoms with Gasteiger partial charge in [-0.25, -0.2) is 0 Å². The zero-order valence-corrected chi connectivity index (χ0v) is 11.9. The Morgan fingerprint density at radius 1 is 0.905 bits per heavy atom. The third-order valence-corrected chi connectivity index (χ3v) is 4.35. The predicted octanol–water partition coefficient (Wildman–Crippen LogP) is 4.20. The standard InChI is InChI=1S/C19H18N2/c1-2-6-15-13-16(11-10-14(15)5-1)21-19-9-3-8-18-17(19)7-4-12-20-18/h1-9,12,16,21H,10-11,13H2. The van der Waals surface area contributed by atoms with Crippen molar-refractivity contribution >= 4 is 16.6 Å². The van der Waals surface area contributed by atoms with E-state index in [9.17, 15) is 0 Å². The SMILES string of the molecule is c1ccc2c(c1)CCC(Nc1cccc3ncccc13)C2. The van der Waals surface area contributed by atoms with E-state index < -0.39 is 0 Å².